The van der Waals surface area contributed by atoms with Crippen LogP contribution in [0.4, 0.5) is 4.39 Å². The van der Waals surface area contributed by atoms with E-state index < -0.39 is 0 Å². The summed E-state index contributed by atoms with van der Waals surface area (Å²) in [6, 6.07) is 6.57. The Morgan fingerprint density at radius 2 is 2.12 bits per heavy atom. The number of hydrogen-bond acceptors (Lipinski definition) is 4. The number of halogens is 1. The van der Waals surface area contributed by atoms with E-state index in [0.29, 0.717) is 18.3 Å². The highest BCUT2D eigenvalue weighted by atomic mass is 19.1. The first-order valence-electron chi connectivity index (χ1n) is 9.22. The van der Waals surface area contributed by atoms with Gasteiger partial charge in [-0.3, -0.25) is 9.89 Å². The fraction of sp³-hybridized carbons (Fsp3) is 0.632. The number of methoxy groups -OCH3 is 1. The van der Waals surface area contributed by atoms with Crippen LogP contribution in [0.1, 0.15) is 19.8 Å². The van der Waals surface area contributed by atoms with Gasteiger partial charge in [-0.2, -0.15) is 0 Å². The van der Waals surface area contributed by atoms with Gasteiger partial charge in [0.2, 0.25) is 0 Å². The summed E-state index contributed by atoms with van der Waals surface area (Å²) in [6.45, 7) is 6.29. The summed E-state index contributed by atoms with van der Waals surface area (Å²) in [5.74, 6) is 1.15. The maximum absolute atomic E-state index is 12.9. The van der Waals surface area contributed by atoms with E-state index in [1.54, 1.807) is 26.3 Å². The molecule has 7 heteroatoms. The molecule has 0 amide bonds. The Balaban J connectivity index is 1.70. The molecule has 6 nitrogen and oxygen atoms in total. The summed E-state index contributed by atoms with van der Waals surface area (Å²) >= 11 is 0. The molecule has 1 aliphatic rings. The van der Waals surface area contributed by atoms with Gasteiger partial charge in [0.15, 0.2) is 5.96 Å². The molecule has 2 atom stereocenters. The Hall–Kier alpha value is -1.86. The number of hydrogen-bond donors (Lipinski definition) is 2. The third kappa shape index (κ3) is 6.80. The molecular weight excluding hydrogens is 335 g/mol. The van der Waals surface area contributed by atoms with Crippen LogP contribution < -0.4 is 15.4 Å². The SMILES string of the molecule is CN=C(NCC(C)Oc1ccc(F)cc1)NCC1CCCN1CCOC. The highest BCUT2D eigenvalue weighted by molar-refractivity contribution is 5.79. The molecule has 1 saturated heterocycles. The van der Waals surface area contributed by atoms with Gasteiger partial charge < -0.3 is 20.1 Å². The van der Waals surface area contributed by atoms with Gasteiger partial charge in [-0.1, -0.05) is 0 Å². The molecule has 0 spiro atoms. The monoisotopic (exact) mass is 366 g/mol. The quantitative estimate of drug-likeness (QED) is 0.516. The highest BCUT2D eigenvalue weighted by Gasteiger charge is 2.24. The van der Waals surface area contributed by atoms with Gasteiger partial charge >= 0.3 is 0 Å². The van der Waals surface area contributed by atoms with Gasteiger partial charge in [0.05, 0.1) is 13.2 Å². The predicted molar refractivity (Wildman–Crippen MR) is 102 cm³/mol. The number of benzene rings is 1. The number of ether oxygens (including phenoxy) is 2. The van der Waals surface area contributed by atoms with Crippen molar-refractivity contribution < 1.29 is 13.9 Å². The van der Waals surface area contributed by atoms with Crippen molar-refractivity contribution in [2.24, 2.45) is 4.99 Å². The zero-order valence-corrected chi connectivity index (χ0v) is 16.0. The molecule has 0 aromatic heterocycles. The first kappa shape index (κ1) is 20.5. The third-order valence-electron chi connectivity index (χ3n) is 4.52. The number of likely N-dealkylation sites (tertiary alicyclic amines) is 1. The van der Waals surface area contributed by atoms with Gasteiger partial charge in [-0.15, -0.1) is 0 Å². The van der Waals surface area contributed by atoms with E-state index in [-0.39, 0.29) is 11.9 Å². The van der Waals surface area contributed by atoms with Crippen molar-refractivity contribution in [3.8, 4) is 5.75 Å². The zero-order valence-electron chi connectivity index (χ0n) is 16.0. The van der Waals surface area contributed by atoms with Crippen molar-refractivity contribution in [3.63, 3.8) is 0 Å². The molecule has 2 rings (SSSR count). The minimum absolute atomic E-state index is 0.0660. The minimum atomic E-state index is -0.265. The van der Waals surface area contributed by atoms with E-state index in [1.165, 1.54) is 25.0 Å². The highest BCUT2D eigenvalue weighted by Crippen LogP contribution is 2.16. The summed E-state index contributed by atoms with van der Waals surface area (Å²) in [4.78, 5) is 6.74. The number of nitrogens with one attached hydrogen (secondary N) is 2. The molecule has 1 aromatic rings. The molecule has 1 aliphatic heterocycles. The summed E-state index contributed by atoms with van der Waals surface area (Å²) in [5.41, 5.74) is 0. The van der Waals surface area contributed by atoms with Gasteiger partial charge in [-0.25, -0.2) is 4.39 Å². The second-order valence-corrected chi connectivity index (χ2v) is 6.54. The predicted octanol–water partition coefficient (Wildman–Crippen LogP) is 1.87. The molecule has 1 aromatic carbocycles. The molecule has 2 N–H and O–H groups in total. The molecule has 0 radical (unpaired) electrons. The lowest BCUT2D eigenvalue weighted by Gasteiger charge is -2.25. The van der Waals surface area contributed by atoms with E-state index in [9.17, 15) is 4.39 Å². The fourth-order valence-electron chi connectivity index (χ4n) is 3.09. The maximum atomic E-state index is 12.9. The number of guanidine groups is 1. The van der Waals surface area contributed by atoms with Crippen molar-refractivity contribution in [3.05, 3.63) is 30.1 Å². The maximum Gasteiger partial charge on any atom is 0.191 e. The van der Waals surface area contributed by atoms with E-state index in [1.807, 2.05) is 6.92 Å². The van der Waals surface area contributed by atoms with E-state index in [0.717, 1.165) is 32.2 Å². The largest absolute Gasteiger partial charge is 0.489 e. The van der Waals surface area contributed by atoms with Crippen LogP contribution in [0.25, 0.3) is 0 Å². The summed E-state index contributed by atoms with van der Waals surface area (Å²) in [7, 11) is 3.50. The van der Waals surface area contributed by atoms with Crippen molar-refractivity contribution in [2.75, 3.05) is 46.9 Å². The second kappa shape index (κ2) is 11.0. The molecule has 2 unspecified atom stereocenters. The first-order valence-corrected chi connectivity index (χ1v) is 9.22. The lowest BCUT2D eigenvalue weighted by molar-refractivity contribution is 0.141. The molecule has 146 valence electrons. The van der Waals surface area contributed by atoms with Crippen molar-refractivity contribution in [2.45, 2.75) is 31.9 Å². The lowest BCUT2D eigenvalue weighted by atomic mass is 10.2. The van der Waals surface area contributed by atoms with Gasteiger partial charge in [0, 0.05) is 33.3 Å². The van der Waals surface area contributed by atoms with Crippen LogP contribution >= 0.6 is 0 Å². The molecular formula is C19H31FN4O2. The van der Waals surface area contributed by atoms with Crippen LogP contribution in [0.5, 0.6) is 5.75 Å². The Morgan fingerprint density at radius 3 is 2.81 bits per heavy atom. The van der Waals surface area contributed by atoms with Crippen LogP contribution in [-0.4, -0.2) is 69.9 Å². The number of aliphatic imine (C=N–C) groups is 1. The van der Waals surface area contributed by atoms with Gasteiger partial charge in [0.25, 0.3) is 0 Å². The third-order valence-corrected chi connectivity index (χ3v) is 4.52. The van der Waals surface area contributed by atoms with Gasteiger partial charge in [0.1, 0.15) is 17.7 Å². The summed E-state index contributed by atoms with van der Waals surface area (Å²) in [5, 5.41) is 6.68. The van der Waals surface area contributed by atoms with Crippen LogP contribution in [0.2, 0.25) is 0 Å². The molecule has 0 bridgehead atoms. The lowest BCUT2D eigenvalue weighted by Crippen LogP contribution is -2.47. The molecule has 1 heterocycles. The van der Waals surface area contributed by atoms with Crippen LogP contribution in [0.3, 0.4) is 0 Å². The van der Waals surface area contributed by atoms with Gasteiger partial charge in [-0.05, 0) is 50.6 Å². The van der Waals surface area contributed by atoms with E-state index in [2.05, 4.69) is 20.5 Å². The zero-order chi connectivity index (χ0) is 18.8. The van der Waals surface area contributed by atoms with Crippen LogP contribution in [0, 0.1) is 5.82 Å². The Bertz CT molecular complexity index is 553. The van der Waals surface area contributed by atoms with Crippen LogP contribution in [0.15, 0.2) is 29.3 Å². The first-order chi connectivity index (χ1) is 12.6. The van der Waals surface area contributed by atoms with E-state index >= 15 is 0 Å². The molecule has 26 heavy (non-hydrogen) atoms. The minimum Gasteiger partial charge on any atom is -0.489 e. The van der Waals surface area contributed by atoms with Crippen molar-refractivity contribution in [1.82, 2.24) is 15.5 Å². The van der Waals surface area contributed by atoms with Crippen LogP contribution in [-0.2, 0) is 4.74 Å². The average Bonchev–Trinajstić information content (AvgIpc) is 3.09. The standard InChI is InChI=1S/C19H31FN4O2/c1-15(26-18-8-6-16(20)7-9-18)13-22-19(21-2)23-14-17-5-4-10-24(17)11-12-25-3/h6-9,15,17H,4-5,10-14H2,1-3H3,(H2,21,22,23). The average molecular weight is 366 g/mol. The molecule has 1 fully saturated rings. The number of nitrogens with zero attached hydrogens (tertiary/aromatic N) is 2. The normalized spacial score (nSPS) is 19.4. The molecule has 0 saturated carbocycles. The summed E-state index contributed by atoms with van der Waals surface area (Å²) < 4.78 is 23.9. The Kier molecular flexibility index (Phi) is 8.64. The topological polar surface area (TPSA) is 58.1 Å². The van der Waals surface area contributed by atoms with Crippen molar-refractivity contribution >= 4 is 5.96 Å². The van der Waals surface area contributed by atoms with E-state index in [4.69, 9.17) is 9.47 Å². The smallest absolute Gasteiger partial charge is 0.191 e. The van der Waals surface area contributed by atoms with Crippen molar-refractivity contribution in [1.29, 1.82) is 0 Å². The molecule has 0 aliphatic carbocycles. The second-order valence-electron chi connectivity index (χ2n) is 6.54. The fourth-order valence-corrected chi connectivity index (χ4v) is 3.09. The number of rotatable bonds is 9. The Labute approximate surface area is 155 Å². The Morgan fingerprint density at radius 1 is 1.35 bits per heavy atom. The summed E-state index contributed by atoms with van der Waals surface area (Å²) in [6.07, 6.45) is 2.35.